The van der Waals surface area contributed by atoms with Crippen LogP contribution in [0.1, 0.15) is 60.5 Å². The molecule has 1 heterocycles. The number of esters is 1. The quantitative estimate of drug-likeness (QED) is 0.223. The Morgan fingerprint density at radius 2 is 1.46 bits per heavy atom. The number of carbonyl (C=O) groups is 2. The number of alkyl halides is 3. The minimum atomic E-state index is -4.40. The first kappa shape index (κ1) is 28.4. The summed E-state index contributed by atoms with van der Waals surface area (Å²) >= 11 is 0. The molecule has 0 bridgehead atoms. The number of piperidine rings is 1. The van der Waals surface area contributed by atoms with Crippen molar-refractivity contribution < 1.29 is 27.5 Å². The minimum absolute atomic E-state index is 0.202. The highest BCUT2D eigenvalue weighted by atomic mass is 19.4. The van der Waals surface area contributed by atoms with E-state index in [1.807, 2.05) is 36.1 Å². The topological polar surface area (TPSA) is 46.6 Å². The smallest absolute Gasteiger partial charge is 0.416 e. The van der Waals surface area contributed by atoms with E-state index in [9.17, 15) is 22.8 Å². The Labute approximate surface area is 237 Å². The van der Waals surface area contributed by atoms with E-state index in [1.165, 1.54) is 17.7 Å². The van der Waals surface area contributed by atoms with Gasteiger partial charge in [0, 0.05) is 19.5 Å². The third-order valence-corrected chi connectivity index (χ3v) is 7.85. The number of ether oxygens (including phenoxy) is 1. The molecule has 1 aliphatic rings. The summed E-state index contributed by atoms with van der Waals surface area (Å²) in [5.74, 6) is 0.160. The van der Waals surface area contributed by atoms with Gasteiger partial charge >= 0.3 is 12.1 Å². The van der Waals surface area contributed by atoms with Crippen LogP contribution in [-0.4, -0.2) is 36.5 Å². The minimum Gasteiger partial charge on any atom is -0.462 e. The highest BCUT2D eigenvalue weighted by molar-refractivity contribution is 6.04. The summed E-state index contributed by atoms with van der Waals surface area (Å²) in [6, 6.07) is 22.8. The molecular formula is C34H32F3NO3. The summed E-state index contributed by atoms with van der Waals surface area (Å²) in [6.45, 7) is 5.43. The molecule has 5 rings (SSSR count). The summed E-state index contributed by atoms with van der Waals surface area (Å²) in [5.41, 5.74) is 4.17. The van der Waals surface area contributed by atoms with Crippen molar-refractivity contribution in [3.8, 4) is 22.3 Å². The number of halogens is 3. The second-order valence-electron chi connectivity index (χ2n) is 10.4. The second kappa shape index (κ2) is 11.8. The zero-order valence-corrected chi connectivity index (χ0v) is 23.1. The number of fused-ring (bicyclic) bond motifs is 1. The maximum Gasteiger partial charge on any atom is 0.416 e. The molecule has 0 aliphatic carbocycles. The molecule has 212 valence electrons. The molecule has 0 radical (unpaired) electrons. The molecule has 4 aromatic rings. The fourth-order valence-electron chi connectivity index (χ4n) is 5.59. The van der Waals surface area contributed by atoms with Crippen molar-refractivity contribution in [3.63, 3.8) is 0 Å². The van der Waals surface area contributed by atoms with Crippen LogP contribution in [0, 0.1) is 0 Å². The Morgan fingerprint density at radius 3 is 2.07 bits per heavy atom. The predicted octanol–water partition coefficient (Wildman–Crippen LogP) is 8.49. The van der Waals surface area contributed by atoms with E-state index in [1.54, 1.807) is 13.0 Å². The Balaban J connectivity index is 1.48. The molecule has 0 aromatic heterocycles. The van der Waals surface area contributed by atoms with Crippen molar-refractivity contribution in [2.45, 2.75) is 45.2 Å². The molecule has 1 fully saturated rings. The summed E-state index contributed by atoms with van der Waals surface area (Å²) in [7, 11) is 0. The van der Waals surface area contributed by atoms with Gasteiger partial charge in [-0.3, -0.25) is 4.79 Å². The third-order valence-electron chi connectivity index (χ3n) is 7.85. The van der Waals surface area contributed by atoms with Gasteiger partial charge in [-0.05, 0) is 94.6 Å². The largest absolute Gasteiger partial charge is 0.462 e. The van der Waals surface area contributed by atoms with Gasteiger partial charge in [0.2, 0.25) is 5.91 Å². The number of carbonyl (C=O) groups excluding carboxylic acids is 2. The maximum absolute atomic E-state index is 13.0. The number of benzene rings is 4. The first-order valence-corrected chi connectivity index (χ1v) is 14.0. The average Bonchev–Trinajstić information content (AvgIpc) is 2.99. The number of rotatable bonds is 6. The van der Waals surface area contributed by atoms with Crippen molar-refractivity contribution in [1.29, 1.82) is 0 Å². The molecule has 1 amide bonds. The fourth-order valence-corrected chi connectivity index (χ4v) is 5.59. The molecule has 4 nitrogen and oxygen atoms in total. The zero-order chi connectivity index (χ0) is 29.1. The van der Waals surface area contributed by atoms with E-state index in [0.717, 1.165) is 65.5 Å². The van der Waals surface area contributed by atoms with Crippen LogP contribution < -0.4 is 0 Å². The van der Waals surface area contributed by atoms with Gasteiger partial charge in [-0.1, -0.05) is 55.5 Å². The van der Waals surface area contributed by atoms with Gasteiger partial charge in [-0.15, -0.1) is 0 Å². The maximum atomic E-state index is 13.0. The Hall–Kier alpha value is -4.13. The van der Waals surface area contributed by atoms with E-state index in [0.29, 0.717) is 23.5 Å². The second-order valence-corrected chi connectivity index (χ2v) is 10.4. The van der Waals surface area contributed by atoms with Crippen molar-refractivity contribution in [1.82, 2.24) is 4.90 Å². The number of amides is 1. The lowest BCUT2D eigenvalue weighted by Crippen LogP contribution is -2.37. The summed E-state index contributed by atoms with van der Waals surface area (Å²) in [5, 5.41) is 1.72. The molecule has 0 unspecified atom stereocenters. The van der Waals surface area contributed by atoms with Crippen LogP contribution in [0.3, 0.4) is 0 Å². The molecule has 4 aromatic carbocycles. The van der Waals surface area contributed by atoms with Gasteiger partial charge in [0.05, 0.1) is 17.7 Å². The third kappa shape index (κ3) is 6.14. The van der Waals surface area contributed by atoms with Crippen LogP contribution in [0.15, 0.2) is 78.9 Å². The lowest BCUT2D eigenvalue weighted by Gasteiger charge is -2.32. The number of likely N-dealkylation sites (tertiary alicyclic amines) is 1. The Morgan fingerprint density at radius 1 is 0.829 bits per heavy atom. The van der Waals surface area contributed by atoms with Crippen LogP contribution >= 0.6 is 0 Å². The van der Waals surface area contributed by atoms with Gasteiger partial charge in [0.15, 0.2) is 0 Å². The highest BCUT2D eigenvalue weighted by Crippen LogP contribution is 2.36. The number of nitrogens with zero attached hydrogens (tertiary/aromatic N) is 1. The lowest BCUT2D eigenvalue weighted by atomic mass is 9.87. The summed E-state index contributed by atoms with van der Waals surface area (Å²) < 4.78 is 44.4. The van der Waals surface area contributed by atoms with Crippen molar-refractivity contribution in [3.05, 3.63) is 95.6 Å². The standard InChI is InChI=1S/C34H32F3NO3/c1-3-32(39)38-17-15-24(16-18-38)22-5-7-25(8-6-22)31-21-28(33(40)41-4-2)20-27-19-26(11-14-30(27)31)23-9-12-29(13-10-23)34(35,36)37/h5-14,19-21,24H,3-4,15-18H2,1-2H3. The molecule has 1 saturated heterocycles. The van der Waals surface area contributed by atoms with Gasteiger partial charge in [0.1, 0.15) is 0 Å². The first-order chi connectivity index (χ1) is 19.7. The van der Waals surface area contributed by atoms with Crippen molar-refractivity contribution >= 4 is 22.6 Å². The Kier molecular flexibility index (Phi) is 8.15. The van der Waals surface area contributed by atoms with E-state index in [4.69, 9.17) is 4.74 Å². The van der Waals surface area contributed by atoms with Crippen molar-refractivity contribution in [2.24, 2.45) is 0 Å². The van der Waals surface area contributed by atoms with Gasteiger partial charge in [-0.25, -0.2) is 4.79 Å². The first-order valence-electron chi connectivity index (χ1n) is 14.0. The fraction of sp³-hybridized carbons (Fsp3) is 0.294. The van der Waals surface area contributed by atoms with E-state index in [2.05, 4.69) is 24.3 Å². The molecular weight excluding hydrogens is 527 g/mol. The molecule has 0 N–H and O–H groups in total. The number of hydrogen-bond acceptors (Lipinski definition) is 3. The molecule has 0 atom stereocenters. The van der Waals surface area contributed by atoms with Crippen LogP contribution in [0.4, 0.5) is 13.2 Å². The zero-order valence-electron chi connectivity index (χ0n) is 23.1. The molecule has 0 saturated carbocycles. The van der Waals surface area contributed by atoms with Crippen LogP contribution in [0.2, 0.25) is 0 Å². The predicted molar refractivity (Wildman–Crippen MR) is 155 cm³/mol. The van der Waals surface area contributed by atoms with Crippen molar-refractivity contribution in [2.75, 3.05) is 19.7 Å². The van der Waals surface area contributed by atoms with E-state index in [-0.39, 0.29) is 12.5 Å². The van der Waals surface area contributed by atoms with Gasteiger partial charge in [0.25, 0.3) is 0 Å². The lowest BCUT2D eigenvalue weighted by molar-refractivity contribution is -0.137. The van der Waals surface area contributed by atoms with Gasteiger partial charge in [-0.2, -0.15) is 13.2 Å². The Bertz CT molecular complexity index is 1550. The van der Waals surface area contributed by atoms with Gasteiger partial charge < -0.3 is 9.64 Å². The van der Waals surface area contributed by atoms with Crippen LogP contribution in [0.25, 0.3) is 33.0 Å². The summed E-state index contributed by atoms with van der Waals surface area (Å²) in [6.07, 6.45) is -2.01. The monoisotopic (exact) mass is 559 g/mol. The molecule has 0 spiro atoms. The van der Waals surface area contributed by atoms with E-state index < -0.39 is 17.7 Å². The molecule has 7 heteroatoms. The van der Waals surface area contributed by atoms with Crippen LogP contribution in [0.5, 0.6) is 0 Å². The molecule has 41 heavy (non-hydrogen) atoms. The summed E-state index contributed by atoms with van der Waals surface area (Å²) in [4.78, 5) is 26.7. The van der Waals surface area contributed by atoms with Crippen LogP contribution in [-0.2, 0) is 15.7 Å². The average molecular weight is 560 g/mol. The SMILES string of the molecule is CCOC(=O)c1cc(-c2ccc(C3CCN(C(=O)CC)CC3)cc2)c2ccc(-c3ccc(C(F)(F)F)cc3)cc2c1. The molecule has 1 aliphatic heterocycles. The number of hydrogen-bond donors (Lipinski definition) is 0. The normalized spacial score (nSPS) is 14.3. The highest BCUT2D eigenvalue weighted by Gasteiger charge is 2.30. The van der Waals surface area contributed by atoms with E-state index >= 15 is 0 Å².